The Bertz CT molecular complexity index is 671. The van der Waals surface area contributed by atoms with Gasteiger partial charge in [0.2, 0.25) is 0 Å². The van der Waals surface area contributed by atoms with Crippen molar-refractivity contribution in [3.63, 3.8) is 0 Å². The van der Waals surface area contributed by atoms with Crippen LogP contribution in [0.5, 0.6) is 0 Å². The molecule has 2 amide bonds. The molecule has 0 radical (unpaired) electrons. The van der Waals surface area contributed by atoms with Gasteiger partial charge in [-0.3, -0.25) is 10.1 Å². The Labute approximate surface area is 120 Å². The fourth-order valence-corrected chi connectivity index (χ4v) is 1.56. The predicted octanol–water partition coefficient (Wildman–Crippen LogP) is 2.75. The highest BCUT2D eigenvalue weighted by Gasteiger charge is 2.04. The van der Waals surface area contributed by atoms with Gasteiger partial charge in [0.25, 0.3) is 5.69 Å². The van der Waals surface area contributed by atoms with Crippen LogP contribution in [0.3, 0.4) is 0 Å². The first-order valence-electron chi connectivity index (χ1n) is 6.05. The molecule has 21 heavy (non-hydrogen) atoms. The molecule has 2 aromatic carbocycles. The molecule has 0 bridgehead atoms. The number of para-hydroxylation sites is 1. The molecule has 7 heteroatoms. The molecule has 0 saturated carbocycles. The van der Waals surface area contributed by atoms with Crippen LogP contribution in [0.4, 0.5) is 16.2 Å². The molecule has 0 aliphatic carbocycles. The molecule has 0 aromatic heterocycles. The molecular formula is C14H12N4O3. The van der Waals surface area contributed by atoms with E-state index >= 15 is 0 Å². The SMILES string of the molecule is O=C(N/N=C\c1cccc([N+](=O)[O-])c1)Nc1ccccc1. The van der Waals surface area contributed by atoms with Crippen molar-refractivity contribution in [2.75, 3.05) is 5.32 Å². The highest BCUT2D eigenvalue weighted by Crippen LogP contribution is 2.11. The number of nitrogens with zero attached hydrogens (tertiary/aromatic N) is 2. The van der Waals surface area contributed by atoms with Crippen molar-refractivity contribution < 1.29 is 9.72 Å². The Balaban J connectivity index is 1.91. The number of amides is 2. The van der Waals surface area contributed by atoms with Crippen molar-refractivity contribution in [1.82, 2.24) is 5.43 Å². The van der Waals surface area contributed by atoms with Crippen molar-refractivity contribution in [3.05, 3.63) is 70.3 Å². The zero-order valence-electron chi connectivity index (χ0n) is 10.9. The Kier molecular flexibility index (Phi) is 4.60. The van der Waals surface area contributed by atoms with Crippen LogP contribution in [0.15, 0.2) is 59.7 Å². The quantitative estimate of drug-likeness (QED) is 0.513. The fraction of sp³-hybridized carbons (Fsp3) is 0. The van der Waals surface area contributed by atoms with Crippen molar-refractivity contribution in [2.24, 2.45) is 5.10 Å². The maximum Gasteiger partial charge on any atom is 0.339 e. The molecule has 0 saturated heterocycles. The van der Waals surface area contributed by atoms with Crippen LogP contribution in [-0.4, -0.2) is 17.2 Å². The Morgan fingerprint density at radius 1 is 1.14 bits per heavy atom. The highest BCUT2D eigenvalue weighted by atomic mass is 16.6. The van der Waals surface area contributed by atoms with E-state index in [2.05, 4.69) is 15.8 Å². The molecule has 2 N–H and O–H groups in total. The molecule has 0 fully saturated rings. The van der Waals surface area contributed by atoms with Crippen LogP contribution in [-0.2, 0) is 0 Å². The predicted molar refractivity (Wildman–Crippen MR) is 79.3 cm³/mol. The van der Waals surface area contributed by atoms with Crippen LogP contribution < -0.4 is 10.7 Å². The number of urea groups is 1. The Morgan fingerprint density at radius 3 is 2.62 bits per heavy atom. The lowest BCUT2D eigenvalue weighted by Gasteiger charge is -2.03. The molecule has 2 aromatic rings. The number of carbonyl (C=O) groups is 1. The number of anilines is 1. The lowest BCUT2D eigenvalue weighted by atomic mass is 10.2. The van der Waals surface area contributed by atoms with E-state index in [0.29, 0.717) is 11.3 Å². The second-order valence-corrected chi connectivity index (χ2v) is 4.04. The van der Waals surface area contributed by atoms with Gasteiger partial charge in [-0.25, -0.2) is 10.2 Å². The van der Waals surface area contributed by atoms with Gasteiger partial charge in [-0.15, -0.1) is 0 Å². The number of rotatable bonds is 4. The maximum atomic E-state index is 11.5. The Morgan fingerprint density at radius 2 is 1.90 bits per heavy atom. The minimum Gasteiger partial charge on any atom is -0.307 e. The molecule has 7 nitrogen and oxygen atoms in total. The van der Waals surface area contributed by atoms with Gasteiger partial charge in [0.1, 0.15) is 0 Å². The molecular weight excluding hydrogens is 272 g/mol. The molecule has 0 heterocycles. The summed E-state index contributed by atoms with van der Waals surface area (Å²) in [7, 11) is 0. The number of hydrogen-bond acceptors (Lipinski definition) is 4. The van der Waals surface area contributed by atoms with Crippen molar-refractivity contribution >= 4 is 23.6 Å². The number of non-ortho nitro benzene ring substituents is 1. The lowest BCUT2D eigenvalue weighted by Crippen LogP contribution is -2.24. The second-order valence-electron chi connectivity index (χ2n) is 4.04. The average molecular weight is 284 g/mol. The molecule has 2 rings (SSSR count). The van der Waals surface area contributed by atoms with Crippen molar-refractivity contribution in [1.29, 1.82) is 0 Å². The Hall–Kier alpha value is -3.22. The topological polar surface area (TPSA) is 96.6 Å². The maximum absolute atomic E-state index is 11.5. The molecule has 0 unspecified atom stereocenters. The molecule has 0 atom stereocenters. The summed E-state index contributed by atoms with van der Waals surface area (Å²) >= 11 is 0. The van der Waals surface area contributed by atoms with Crippen molar-refractivity contribution in [3.8, 4) is 0 Å². The summed E-state index contributed by atoms with van der Waals surface area (Å²) < 4.78 is 0. The van der Waals surface area contributed by atoms with Gasteiger partial charge in [0.05, 0.1) is 11.1 Å². The third-order valence-electron chi connectivity index (χ3n) is 2.49. The van der Waals surface area contributed by atoms with Gasteiger partial charge in [-0.1, -0.05) is 30.3 Å². The van der Waals surface area contributed by atoms with Gasteiger partial charge in [0.15, 0.2) is 0 Å². The van der Waals surface area contributed by atoms with Crippen LogP contribution in [0.2, 0.25) is 0 Å². The van der Waals surface area contributed by atoms with Gasteiger partial charge in [0, 0.05) is 23.4 Å². The van der Waals surface area contributed by atoms with Crippen LogP contribution in [0.25, 0.3) is 0 Å². The van der Waals surface area contributed by atoms with E-state index in [0.717, 1.165) is 0 Å². The number of carbonyl (C=O) groups excluding carboxylic acids is 1. The largest absolute Gasteiger partial charge is 0.339 e. The van der Waals surface area contributed by atoms with Crippen LogP contribution >= 0.6 is 0 Å². The molecule has 0 spiro atoms. The number of hydrogen-bond donors (Lipinski definition) is 2. The third kappa shape index (κ3) is 4.43. The van der Waals surface area contributed by atoms with E-state index in [-0.39, 0.29) is 5.69 Å². The minimum absolute atomic E-state index is 0.0345. The van der Waals surface area contributed by atoms with Crippen molar-refractivity contribution in [2.45, 2.75) is 0 Å². The van der Waals surface area contributed by atoms with E-state index in [1.54, 1.807) is 36.4 Å². The summed E-state index contributed by atoms with van der Waals surface area (Å²) in [6.07, 6.45) is 1.33. The zero-order valence-corrected chi connectivity index (χ0v) is 10.9. The molecule has 0 aliphatic rings. The first kappa shape index (κ1) is 14.2. The summed E-state index contributed by atoms with van der Waals surface area (Å²) in [5, 5.41) is 16.9. The van der Waals surface area contributed by atoms with E-state index in [1.165, 1.54) is 18.3 Å². The van der Waals surface area contributed by atoms with E-state index in [9.17, 15) is 14.9 Å². The molecule has 0 aliphatic heterocycles. The summed E-state index contributed by atoms with van der Waals surface area (Å²) in [6.45, 7) is 0. The lowest BCUT2D eigenvalue weighted by molar-refractivity contribution is -0.384. The first-order chi connectivity index (χ1) is 10.1. The summed E-state index contributed by atoms with van der Waals surface area (Å²) in [6, 6.07) is 14.3. The number of nitro groups is 1. The number of nitro benzene ring substituents is 1. The summed E-state index contributed by atoms with van der Waals surface area (Å²) in [4.78, 5) is 21.7. The first-order valence-corrected chi connectivity index (χ1v) is 6.05. The van der Waals surface area contributed by atoms with Gasteiger partial charge >= 0.3 is 6.03 Å². The average Bonchev–Trinajstić information content (AvgIpc) is 2.48. The third-order valence-corrected chi connectivity index (χ3v) is 2.49. The van der Waals surface area contributed by atoms with E-state index in [1.807, 2.05) is 6.07 Å². The zero-order chi connectivity index (χ0) is 15.1. The smallest absolute Gasteiger partial charge is 0.307 e. The van der Waals surface area contributed by atoms with Crippen LogP contribution in [0, 0.1) is 10.1 Å². The number of hydrazone groups is 1. The monoisotopic (exact) mass is 284 g/mol. The van der Waals surface area contributed by atoms with Gasteiger partial charge in [-0.2, -0.15) is 5.10 Å². The van der Waals surface area contributed by atoms with Gasteiger partial charge < -0.3 is 5.32 Å². The van der Waals surface area contributed by atoms with Crippen LogP contribution in [0.1, 0.15) is 5.56 Å². The highest BCUT2D eigenvalue weighted by molar-refractivity contribution is 5.90. The minimum atomic E-state index is -0.497. The summed E-state index contributed by atoms with van der Waals surface area (Å²) in [5.41, 5.74) is 3.40. The normalized spacial score (nSPS) is 10.3. The second kappa shape index (κ2) is 6.80. The van der Waals surface area contributed by atoms with Gasteiger partial charge in [-0.05, 0) is 12.1 Å². The summed E-state index contributed by atoms with van der Waals surface area (Å²) in [5.74, 6) is 0. The fourth-order valence-electron chi connectivity index (χ4n) is 1.56. The number of benzene rings is 2. The van der Waals surface area contributed by atoms with E-state index in [4.69, 9.17) is 0 Å². The van der Waals surface area contributed by atoms with E-state index < -0.39 is 11.0 Å². The molecule has 106 valence electrons. The number of nitrogens with one attached hydrogen (secondary N) is 2. The standard InChI is InChI=1S/C14H12N4O3/c19-14(16-12-6-2-1-3-7-12)17-15-10-11-5-4-8-13(9-11)18(20)21/h1-10H,(H2,16,17,19)/b15-10-.